The summed E-state index contributed by atoms with van der Waals surface area (Å²) in [5.74, 6) is -0.245. The number of rotatable bonds is 4. The summed E-state index contributed by atoms with van der Waals surface area (Å²) in [5, 5.41) is 28.5. The van der Waals surface area contributed by atoms with Gasteiger partial charge in [0.15, 0.2) is 6.29 Å². The molecule has 1 aliphatic rings. The third-order valence-electron chi connectivity index (χ3n) is 3.60. The van der Waals surface area contributed by atoms with E-state index < -0.39 is 34.6 Å². The molecule has 0 aliphatic carbocycles. The van der Waals surface area contributed by atoms with Crippen LogP contribution in [-0.4, -0.2) is 49.8 Å². The molecule has 0 unspecified atom stereocenters. The average Bonchev–Trinajstić information content (AvgIpc) is 3.24. The van der Waals surface area contributed by atoms with Crippen molar-refractivity contribution in [2.24, 2.45) is 0 Å². The fourth-order valence-electron chi connectivity index (χ4n) is 2.28. The van der Waals surface area contributed by atoms with Gasteiger partial charge in [-0.3, -0.25) is 29.3 Å². The second-order valence-corrected chi connectivity index (χ2v) is 6.47. The highest BCUT2D eigenvalue weighted by Gasteiger charge is 2.35. The van der Waals surface area contributed by atoms with E-state index in [9.17, 15) is 29.6 Å². The predicted molar refractivity (Wildman–Crippen MR) is 96.4 cm³/mol. The number of carbonyl (C=O) groups excluding carboxylic acids is 1. The van der Waals surface area contributed by atoms with Gasteiger partial charge in [-0.25, -0.2) is 4.79 Å². The van der Waals surface area contributed by atoms with Crippen LogP contribution in [-0.2, 0) is 4.74 Å². The number of carbonyl (C=O) groups is 1. The maximum Gasteiger partial charge on any atom is 0.330 e. The lowest BCUT2D eigenvalue weighted by atomic mass is 10.2. The molecule has 0 aromatic carbocycles. The fraction of sp³-hybridized carbons (Fsp3) is 0.357. The third kappa shape index (κ3) is 4.88. The van der Waals surface area contributed by atoms with Gasteiger partial charge in [0.05, 0.1) is 33.5 Å². The van der Waals surface area contributed by atoms with E-state index in [-0.39, 0.29) is 24.5 Å². The minimum absolute atomic E-state index is 0.202. The number of aliphatic hydroxyl groups is 2. The summed E-state index contributed by atoms with van der Waals surface area (Å²) in [6.07, 6.45) is 0.796. The molecular formula is C14H14IN3O9. The monoisotopic (exact) mass is 495 g/mol. The van der Waals surface area contributed by atoms with Crippen LogP contribution in [0.25, 0.3) is 0 Å². The van der Waals surface area contributed by atoms with Crippen molar-refractivity contribution in [2.45, 2.75) is 24.9 Å². The first-order chi connectivity index (χ1) is 12.8. The number of aliphatic hydroxyl groups excluding tert-OH is 2. The number of hydrogen-bond donors (Lipinski definition) is 3. The Morgan fingerprint density at radius 3 is 2.70 bits per heavy atom. The second-order valence-electron chi connectivity index (χ2n) is 5.30. The quantitative estimate of drug-likeness (QED) is 0.224. The van der Waals surface area contributed by atoms with Gasteiger partial charge >= 0.3 is 11.4 Å². The lowest BCUT2D eigenvalue weighted by molar-refractivity contribution is -0.385. The number of nitrogens with zero attached hydrogens (tertiary/aromatic N) is 2. The van der Waals surface area contributed by atoms with Crippen LogP contribution >= 0.6 is 22.6 Å². The van der Waals surface area contributed by atoms with Gasteiger partial charge in [0.25, 0.3) is 5.56 Å². The molecule has 2 aromatic heterocycles. The minimum atomic E-state index is -0.818. The maximum absolute atomic E-state index is 11.6. The molecule has 2 aromatic rings. The summed E-state index contributed by atoms with van der Waals surface area (Å²) in [6.45, 7) is -0.313. The minimum Gasteiger partial charge on any atom is -0.454 e. The van der Waals surface area contributed by atoms with Crippen LogP contribution in [0.15, 0.2) is 32.5 Å². The summed E-state index contributed by atoms with van der Waals surface area (Å²) in [7, 11) is 0. The largest absolute Gasteiger partial charge is 0.454 e. The van der Waals surface area contributed by atoms with Crippen LogP contribution in [0.4, 0.5) is 5.69 Å². The lowest BCUT2D eigenvalue weighted by Crippen LogP contribution is -2.33. The molecule has 0 radical (unpaired) electrons. The Morgan fingerprint density at radius 2 is 2.19 bits per heavy atom. The summed E-state index contributed by atoms with van der Waals surface area (Å²) in [5.41, 5.74) is -1.34. The molecule has 3 N–H and O–H groups in total. The number of aromatic amines is 1. The van der Waals surface area contributed by atoms with Crippen molar-refractivity contribution in [1.29, 1.82) is 0 Å². The van der Waals surface area contributed by atoms with Crippen LogP contribution < -0.4 is 11.2 Å². The van der Waals surface area contributed by atoms with Crippen LogP contribution in [0.2, 0.25) is 0 Å². The van der Waals surface area contributed by atoms with E-state index in [0.717, 1.165) is 12.3 Å². The number of H-pyrrole nitrogens is 1. The van der Waals surface area contributed by atoms with Crippen molar-refractivity contribution in [2.75, 3.05) is 6.61 Å². The van der Waals surface area contributed by atoms with Gasteiger partial charge in [0, 0.05) is 12.6 Å². The Bertz CT molecular complexity index is 934. The fourth-order valence-corrected chi connectivity index (χ4v) is 2.71. The Balaban J connectivity index is 0.000000223. The number of nitro groups is 1. The average molecular weight is 495 g/mol. The first kappa shape index (κ1) is 20.9. The highest BCUT2D eigenvalue weighted by molar-refractivity contribution is 14.1. The predicted octanol–water partition coefficient (Wildman–Crippen LogP) is -0.218. The van der Waals surface area contributed by atoms with Gasteiger partial charge < -0.3 is 19.4 Å². The molecule has 13 heteroatoms. The van der Waals surface area contributed by atoms with Crippen molar-refractivity contribution in [3.8, 4) is 0 Å². The molecule has 12 nitrogen and oxygen atoms in total. The van der Waals surface area contributed by atoms with E-state index in [2.05, 4.69) is 9.40 Å². The molecule has 0 saturated carbocycles. The number of furan rings is 1. The molecular weight excluding hydrogens is 481 g/mol. The Hall–Kier alpha value is -2.36. The normalized spacial score (nSPS) is 21.4. The molecule has 1 fully saturated rings. The SMILES string of the molecule is O=Cc1occc1[N+](=O)[O-].O=c1[nH]c(=O)n([C@H]2C[C@H](O)[C@@H](CO)O2)cc1I. The molecule has 0 bridgehead atoms. The molecule has 3 atom stereocenters. The van der Waals surface area contributed by atoms with Crippen LogP contribution in [0, 0.1) is 13.7 Å². The van der Waals surface area contributed by atoms with E-state index in [1.807, 2.05) is 0 Å². The van der Waals surface area contributed by atoms with Gasteiger partial charge in [-0.1, -0.05) is 0 Å². The summed E-state index contributed by atoms with van der Waals surface area (Å²) in [6, 6.07) is 1.13. The molecule has 0 amide bonds. The first-order valence-electron chi connectivity index (χ1n) is 7.40. The van der Waals surface area contributed by atoms with Crippen molar-refractivity contribution in [1.82, 2.24) is 9.55 Å². The van der Waals surface area contributed by atoms with Gasteiger partial charge in [-0.05, 0) is 22.6 Å². The number of halogens is 1. The van der Waals surface area contributed by atoms with E-state index in [1.165, 1.54) is 10.8 Å². The van der Waals surface area contributed by atoms with E-state index >= 15 is 0 Å². The molecule has 0 spiro atoms. The number of ether oxygens (including phenoxy) is 1. The molecule has 27 heavy (non-hydrogen) atoms. The Morgan fingerprint density at radius 1 is 1.48 bits per heavy atom. The molecule has 3 rings (SSSR count). The van der Waals surface area contributed by atoms with Crippen molar-refractivity contribution in [3.63, 3.8) is 0 Å². The number of aromatic nitrogens is 2. The van der Waals surface area contributed by atoms with Gasteiger partial charge in [-0.2, -0.15) is 0 Å². The zero-order valence-electron chi connectivity index (χ0n) is 13.5. The maximum atomic E-state index is 11.6. The smallest absolute Gasteiger partial charge is 0.330 e. The zero-order valence-corrected chi connectivity index (χ0v) is 15.6. The van der Waals surface area contributed by atoms with E-state index in [1.54, 1.807) is 22.6 Å². The molecule has 1 aliphatic heterocycles. The Labute approximate surface area is 163 Å². The molecule has 3 heterocycles. The number of hydrogen-bond acceptors (Lipinski definition) is 9. The lowest BCUT2D eigenvalue weighted by Gasteiger charge is -2.14. The van der Waals surface area contributed by atoms with Crippen molar-refractivity contribution >= 4 is 34.6 Å². The first-order valence-corrected chi connectivity index (χ1v) is 8.48. The number of nitrogens with one attached hydrogen (secondary N) is 1. The standard InChI is InChI=1S/C9H11IN2O5.C5H3NO4/c10-4-2-12(9(16)11-8(4)15)7-1-5(14)6(3-13)17-7;7-3-5-4(6(8)9)1-2-10-5/h2,5-7,13-14H,1,3H2,(H,11,15,16);1-3H/t5-,6+,7+;/m0./s1. The Kier molecular flexibility index (Phi) is 7.00. The van der Waals surface area contributed by atoms with Gasteiger partial charge in [0.1, 0.15) is 12.3 Å². The summed E-state index contributed by atoms with van der Waals surface area (Å²) in [4.78, 5) is 44.2. The van der Waals surface area contributed by atoms with E-state index in [0.29, 0.717) is 9.86 Å². The summed E-state index contributed by atoms with van der Waals surface area (Å²) < 4.78 is 11.4. The highest BCUT2D eigenvalue weighted by atomic mass is 127. The molecule has 146 valence electrons. The van der Waals surface area contributed by atoms with Crippen LogP contribution in [0.3, 0.4) is 0 Å². The second kappa shape index (κ2) is 9.03. The number of aldehydes is 1. The van der Waals surface area contributed by atoms with Gasteiger partial charge in [0.2, 0.25) is 5.76 Å². The van der Waals surface area contributed by atoms with Crippen molar-refractivity contribution in [3.05, 3.63) is 58.8 Å². The highest BCUT2D eigenvalue weighted by Crippen LogP contribution is 2.27. The topological polar surface area (TPSA) is 178 Å². The van der Waals surface area contributed by atoms with Gasteiger partial charge in [-0.15, -0.1) is 0 Å². The molecule has 1 saturated heterocycles. The summed E-state index contributed by atoms with van der Waals surface area (Å²) >= 11 is 1.80. The van der Waals surface area contributed by atoms with Crippen LogP contribution in [0.5, 0.6) is 0 Å². The third-order valence-corrected chi connectivity index (χ3v) is 4.36. The van der Waals surface area contributed by atoms with E-state index in [4.69, 9.17) is 9.84 Å². The zero-order chi connectivity index (χ0) is 20.1. The van der Waals surface area contributed by atoms with Crippen molar-refractivity contribution < 1.29 is 29.1 Å². The van der Waals surface area contributed by atoms with Crippen LogP contribution in [0.1, 0.15) is 23.2 Å².